The fourth-order valence-electron chi connectivity index (χ4n) is 3.54. The number of nitrogens with one attached hydrogen (secondary N) is 1. The highest BCUT2D eigenvalue weighted by Crippen LogP contribution is 2.29. The minimum atomic E-state index is -0.620. The second-order valence-electron chi connectivity index (χ2n) is 6.70. The van der Waals surface area contributed by atoms with Gasteiger partial charge in [0.1, 0.15) is 11.7 Å². The number of amides is 3. The van der Waals surface area contributed by atoms with Crippen LogP contribution in [-0.2, 0) is 16.1 Å². The van der Waals surface area contributed by atoms with Gasteiger partial charge < -0.3 is 4.90 Å². The summed E-state index contributed by atoms with van der Waals surface area (Å²) in [5.74, 6) is -0.924. The second kappa shape index (κ2) is 6.34. The highest BCUT2D eigenvalue weighted by Gasteiger charge is 2.39. The first-order valence-electron chi connectivity index (χ1n) is 8.70. The number of fused-ring (bicyclic) bond motifs is 1. The molecule has 3 aromatic rings. The molecular weight excluding hydrogens is 380 g/mol. The average Bonchev–Trinajstić information content (AvgIpc) is 3.42. The summed E-state index contributed by atoms with van der Waals surface area (Å²) in [5, 5.41) is 12.5. The van der Waals surface area contributed by atoms with Gasteiger partial charge in [-0.05, 0) is 35.6 Å². The predicted molar refractivity (Wildman–Crippen MR) is 98.5 cm³/mol. The van der Waals surface area contributed by atoms with Crippen molar-refractivity contribution in [2.75, 3.05) is 0 Å². The predicted octanol–water partition coefficient (Wildman–Crippen LogP) is 1.15. The van der Waals surface area contributed by atoms with Crippen LogP contribution in [0.5, 0.6) is 0 Å². The molecule has 10 heteroatoms. The zero-order valence-electron chi connectivity index (χ0n) is 14.5. The minimum absolute atomic E-state index is 0.214. The van der Waals surface area contributed by atoms with Crippen LogP contribution in [-0.4, -0.2) is 48.0 Å². The molecule has 2 aliphatic heterocycles. The van der Waals surface area contributed by atoms with Crippen molar-refractivity contribution in [3.63, 3.8) is 0 Å². The number of carbonyl (C=O) groups excluding carboxylic acids is 3. The van der Waals surface area contributed by atoms with Gasteiger partial charge in [-0.2, -0.15) is 0 Å². The zero-order chi connectivity index (χ0) is 19.3. The molecule has 2 aromatic heterocycles. The third-order valence-corrected chi connectivity index (χ3v) is 5.58. The SMILES string of the molecule is O=C1CCC(N2Cc3ccc(-n4cc(-c5cnsc5)nn4)cc3C2=O)C(=O)N1. The van der Waals surface area contributed by atoms with Gasteiger partial charge in [0.25, 0.3) is 5.91 Å². The van der Waals surface area contributed by atoms with E-state index in [4.69, 9.17) is 0 Å². The Morgan fingerprint density at radius 2 is 2.11 bits per heavy atom. The molecular formula is C18H14N6O3S. The number of imide groups is 1. The Bertz CT molecular complexity index is 1110. The fraction of sp³-hybridized carbons (Fsp3) is 0.222. The van der Waals surface area contributed by atoms with Gasteiger partial charge in [0.15, 0.2) is 0 Å². The Morgan fingerprint density at radius 3 is 2.89 bits per heavy atom. The van der Waals surface area contributed by atoms with Crippen molar-refractivity contribution in [1.29, 1.82) is 0 Å². The van der Waals surface area contributed by atoms with E-state index in [1.54, 1.807) is 23.1 Å². The lowest BCUT2D eigenvalue weighted by molar-refractivity contribution is -0.136. The first-order valence-corrected chi connectivity index (χ1v) is 9.54. The monoisotopic (exact) mass is 394 g/mol. The van der Waals surface area contributed by atoms with Crippen molar-refractivity contribution in [3.8, 4) is 16.9 Å². The van der Waals surface area contributed by atoms with E-state index in [0.717, 1.165) is 11.1 Å². The summed E-state index contributed by atoms with van der Waals surface area (Å²) in [6.07, 6.45) is 4.09. The van der Waals surface area contributed by atoms with Gasteiger partial charge in [-0.3, -0.25) is 19.7 Å². The first kappa shape index (κ1) is 16.8. The van der Waals surface area contributed by atoms with Crippen LogP contribution in [0.25, 0.3) is 16.9 Å². The van der Waals surface area contributed by atoms with E-state index in [2.05, 4.69) is 20.0 Å². The number of aromatic nitrogens is 4. The third kappa shape index (κ3) is 2.69. The van der Waals surface area contributed by atoms with Crippen LogP contribution in [0.3, 0.4) is 0 Å². The normalized spacial score (nSPS) is 19.1. The molecule has 0 radical (unpaired) electrons. The Balaban J connectivity index is 1.42. The molecule has 1 unspecified atom stereocenters. The smallest absolute Gasteiger partial charge is 0.255 e. The molecule has 2 aliphatic rings. The molecule has 1 N–H and O–H groups in total. The summed E-state index contributed by atoms with van der Waals surface area (Å²) >= 11 is 1.34. The van der Waals surface area contributed by atoms with Crippen LogP contribution in [0.15, 0.2) is 36.0 Å². The van der Waals surface area contributed by atoms with Crippen molar-refractivity contribution in [1.82, 2.24) is 29.6 Å². The molecule has 0 saturated carbocycles. The van der Waals surface area contributed by atoms with Crippen LogP contribution in [0.2, 0.25) is 0 Å². The Kier molecular flexibility index (Phi) is 3.79. The van der Waals surface area contributed by atoms with Crippen molar-refractivity contribution in [3.05, 3.63) is 47.1 Å². The van der Waals surface area contributed by atoms with Crippen molar-refractivity contribution in [2.24, 2.45) is 0 Å². The van der Waals surface area contributed by atoms with Gasteiger partial charge in [-0.15, -0.1) is 5.10 Å². The maximum absolute atomic E-state index is 12.9. The van der Waals surface area contributed by atoms with Crippen molar-refractivity contribution in [2.45, 2.75) is 25.4 Å². The molecule has 3 amide bonds. The molecule has 9 nitrogen and oxygen atoms in total. The van der Waals surface area contributed by atoms with E-state index < -0.39 is 11.9 Å². The van der Waals surface area contributed by atoms with Gasteiger partial charge in [-0.25, -0.2) is 9.06 Å². The molecule has 1 atom stereocenters. The molecule has 1 saturated heterocycles. The number of rotatable bonds is 3. The fourth-order valence-corrected chi connectivity index (χ4v) is 4.07. The summed E-state index contributed by atoms with van der Waals surface area (Å²) < 4.78 is 5.67. The first-order chi connectivity index (χ1) is 13.6. The van der Waals surface area contributed by atoms with Crippen LogP contribution in [0.4, 0.5) is 0 Å². The number of carbonyl (C=O) groups is 3. The Labute approximate surface area is 163 Å². The van der Waals surface area contributed by atoms with E-state index in [-0.39, 0.29) is 18.2 Å². The molecule has 5 rings (SSSR count). The summed E-state index contributed by atoms with van der Waals surface area (Å²) in [5.41, 5.74) is 3.68. The standard InChI is InChI=1S/C18H14N6O3S/c25-16-4-3-15(17(26)20-16)23-7-10-1-2-12(5-13(10)18(23)27)24-8-14(21-22-24)11-6-19-28-9-11/h1-2,5-6,8-9,15H,3-4,7H2,(H,20,25,26). The highest BCUT2D eigenvalue weighted by molar-refractivity contribution is 7.03. The van der Waals surface area contributed by atoms with E-state index in [0.29, 0.717) is 29.9 Å². The van der Waals surface area contributed by atoms with Gasteiger partial charge in [-0.1, -0.05) is 11.3 Å². The quantitative estimate of drug-likeness (QED) is 0.668. The van der Waals surface area contributed by atoms with Gasteiger partial charge in [0, 0.05) is 29.5 Å². The van der Waals surface area contributed by atoms with Crippen LogP contribution in [0, 0.1) is 0 Å². The summed E-state index contributed by atoms with van der Waals surface area (Å²) in [6, 6.07) is 4.87. The number of benzene rings is 1. The van der Waals surface area contributed by atoms with Gasteiger partial charge >= 0.3 is 0 Å². The number of hydrogen-bond donors (Lipinski definition) is 1. The highest BCUT2D eigenvalue weighted by atomic mass is 32.1. The van der Waals surface area contributed by atoms with Crippen molar-refractivity contribution >= 4 is 29.3 Å². The van der Waals surface area contributed by atoms with Gasteiger partial charge in [0.05, 0.1) is 18.1 Å². The Hall–Kier alpha value is -3.40. The number of nitrogens with zero attached hydrogens (tertiary/aromatic N) is 5. The van der Waals surface area contributed by atoms with Crippen LogP contribution >= 0.6 is 11.5 Å². The van der Waals surface area contributed by atoms with Crippen molar-refractivity contribution < 1.29 is 14.4 Å². The largest absolute Gasteiger partial charge is 0.322 e. The summed E-state index contributed by atoms with van der Waals surface area (Å²) in [6.45, 7) is 0.351. The van der Waals surface area contributed by atoms with Gasteiger partial charge in [0.2, 0.25) is 11.8 Å². The molecule has 1 aromatic carbocycles. The van der Waals surface area contributed by atoms with E-state index in [1.165, 1.54) is 16.4 Å². The molecule has 140 valence electrons. The van der Waals surface area contributed by atoms with Crippen LogP contribution in [0.1, 0.15) is 28.8 Å². The zero-order valence-corrected chi connectivity index (χ0v) is 15.3. The maximum atomic E-state index is 12.9. The lowest BCUT2D eigenvalue weighted by atomic mass is 10.0. The maximum Gasteiger partial charge on any atom is 0.255 e. The Morgan fingerprint density at radius 1 is 1.21 bits per heavy atom. The lowest BCUT2D eigenvalue weighted by Gasteiger charge is -2.29. The topological polar surface area (TPSA) is 110 Å². The summed E-state index contributed by atoms with van der Waals surface area (Å²) in [7, 11) is 0. The number of hydrogen-bond acceptors (Lipinski definition) is 7. The molecule has 4 heterocycles. The lowest BCUT2D eigenvalue weighted by Crippen LogP contribution is -2.52. The third-order valence-electron chi connectivity index (χ3n) is 5.00. The molecule has 0 aliphatic carbocycles. The average molecular weight is 394 g/mol. The molecule has 0 spiro atoms. The molecule has 28 heavy (non-hydrogen) atoms. The van der Waals surface area contributed by atoms with Crippen LogP contribution < -0.4 is 5.32 Å². The molecule has 0 bridgehead atoms. The van der Waals surface area contributed by atoms with E-state index in [9.17, 15) is 14.4 Å². The summed E-state index contributed by atoms with van der Waals surface area (Å²) in [4.78, 5) is 37.9. The minimum Gasteiger partial charge on any atom is -0.322 e. The number of piperidine rings is 1. The van der Waals surface area contributed by atoms with E-state index >= 15 is 0 Å². The second-order valence-corrected chi connectivity index (χ2v) is 7.36. The molecule has 1 fully saturated rings. The van der Waals surface area contributed by atoms with E-state index in [1.807, 2.05) is 17.5 Å².